The first-order valence-corrected chi connectivity index (χ1v) is 11.4. The first kappa shape index (κ1) is 25.9. The van der Waals surface area contributed by atoms with Crippen LogP contribution in [0.2, 0.25) is 0 Å². The quantitative estimate of drug-likeness (QED) is 0.378. The van der Waals surface area contributed by atoms with Crippen molar-refractivity contribution in [2.24, 2.45) is 0 Å². The molecule has 1 aliphatic heterocycles. The lowest BCUT2D eigenvalue weighted by Gasteiger charge is -2.26. The minimum absolute atomic E-state index is 0.0476. The SMILES string of the molecule is O=C(c1cc(C(F)(F)F)cc(C(F)(F)F)c1)N(Cc1csc(N2CCOCC2)n1)c1ccc(F)cc1. The normalized spacial score (nSPS) is 14.7. The van der Waals surface area contributed by atoms with Crippen molar-refractivity contribution in [1.82, 2.24) is 4.98 Å². The summed E-state index contributed by atoms with van der Waals surface area (Å²) in [5.74, 6) is -1.76. The molecule has 0 radical (unpaired) electrons. The van der Waals surface area contributed by atoms with Crippen LogP contribution in [0.15, 0.2) is 47.8 Å². The minimum Gasteiger partial charge on any atom is -0.378 e. The third-order valence-electron chi connectivity index (χ3n) is 5.36. The van der Waals surface area contributed by atoms with Gasteiger partial charge in [-0.2, -0.15) is 26.3 Å². The van der Waals surface area contributed by atoms with Gasteiger partial charge in [0.15, 0.2) is 5.13 Å². The van der Waals surface area contributed by atoms with E-state index >= 15 is 0 Å². The molecule has 0 atom stereocenters. The Kier molecular flexibility index (Phi) is 7.23. The fraction of sp³-hybridized carbons (Fsp3) is 0.304. The number of thiazole rings is 1. The van der Waals surface area contributed by atoms with E-state index < -0.39 is 40.8 Å². The molecule has 3 aromatic rings. The van der Waals surface area contributed by atoms with Crippen molar-refractivity contribution >= 4 is 28.1 Å². The standard InChI is InChI=1S/C23H18F7N3O2S/c24-17-1-3-19(4-2-17)33(12-18-13-36-21(31-18)32-5-7-35-8-6-32)20(34)14-9-15(22(25,26)27)11-16(10-14)23(28,29)30/h1-4,9-11,13H,5-8,12H2. The highest BCUT2D eigenvalue weighted by Crippen LogP contribution is 2.37. The minimum atomic E-state index is -5.11. The summed E-state index contributed by atoms with van der Waals surface area (Å²) in [5, 5.41) is 2.28. The number of anilines is 2. The van der Waals surface area contributed by atoms with Crippen molar-refractivity contribution in [3.63, 3.8) is 0 Å². The summed E-state index contributed by atoms with van der Waals surface area (Å²) >= 11 is 1.28. The molecular weight excluding hydrogens is 515 g/mol. The average Bonchev–Trinajstić information content (AvgIpc) is 3.31. The maximum absolute atomic E-state index is 13.5. The zero-order valence-electron chi connectivity index (χ0n) is 18.4. The van der Waals surface area contributed by atoms with Crippen LogP contribution in [-0.2, 0) is 23.6 Å². The van der Waals surface area contributed by atoms with Crippen LogP contribution in [0.1, 0.15) is 27.2 Å². The van der Waals surface area contributed by atoms with E-state index in [1.807, 2.05) is 4.90 Å². The third-order valence-corrected chi connectivity index (χ3v) is 6.31. The number of amides is 1. The molecule has 1 fully saturated rings. The lowest BCUT2D eigenvalue weighted by molar-refractivity contribution is -0.143. The van der Waals surface area contributed by atoms with Crippen molar-refractivity contribution in [2.45, 2.75) is 18.9 Å². The molecule has 2 aromatic carbocycles. The number of hydrogen-bond donors (Lipinski definition) is 0. The van der Waals surface area contributed by atoms with Gasteiger partial charge in [-0.1, -0.05) is 0 Å². The van der Waals surface area contributed by atoms with Crippen LogP contribution < -0.4 is 9.80 Å². The molecule has 1 saturated heterocycles. The molecule has 36 heavy (non-hydrogen) atoms. The molecular formula is C23H18F7N3O2S. The fourth-order valence-corrected chi connectivity index (χ4v) is 4.44. The van der Waals surface area contributed by atoms with E-state index in [4.69, 9.17) is 4.74 Å². The first-order valence-electron chi connectivity index (χ1n) is 10.6. The predicted molar refractivity (Wildman–Crippen MR) is 119 cm³/mol. The second kappa shape index (κ2) is 10.1. The second-order valence-electron chi connectivity index (χ2n) is 7.88. The van der Waals surface area contributed by atoms with Crippen LogP contribution in [0.25, 0.3) is 0 Å². The van der Waals surface area contributed by atoms with Gasteiger partial charge in [-0.15, -0.1) is 11.3 Å². The molecule has 5 nitrogen and oxygen atoms in total. The molecule has 1 aliphatic rings. The summed E-state index contributed by atoms with van der Waals surface area (Å²) in [6, 6.07) is 5.17. The van der Waals surface area contributed by atoms with Crippen LogP contribution in [0.3, 0.4) is 0 Å². The van der Waals surface area contributed by atoms with Gasteiger partial charge in [0.25, 0.3) is 5.91 Å². The van der Waals surface area contributed by atoms with Crippen LogP contribution in [0.5, 0.6) is 0 Å². The maximum atomic E-state index is 13.5. The molecule has 0 aliphatic carbocycles. The number of hydrogen-bond acceptors (Lipinski definition) is 5. The highest BCUT2D eigenvalue weighted by atomic mass is 32.1. The molecule has 0 bridgehead atoms. The van der Waals surface area contributed by atoms with Crippen molar-refractivity contribution in [3.8, 4) is 0 Å². The van der Waals surface area contributed by atoms with E-state index in [0.29, 0.717) is 49.3 Å². The van der Waals surface area contributed by atoms with Gasteiger partial charge in [-0.3, -0.25) is 4.79 Å². The number of benzene rings is 2. The number of alkyl halides is 6. The van der Waals surface area contributed by atoms with E-state index in [9.17, 15) is 35.5 Å². The lowest BCUT2D eigenvalue weighted by atomic mass is 10.0. The summed E-state index contributed by atoms with van der Waals surface area (Å²) in [7, 11) is 0. The smallest absolute Gasteiger partial charge is 0.378 e. The van der Waals surface area contributed by atoms with Crippen LogP contribution in [0, 0.1) is 5.82 Å². The average molecular weight is 533 g/mol. The van der Waals surface area contributed by atoms with Gasteiger partial charge in [0.1, 0.15) is 5.82 Å². The molecule has 2 heterocycles. The van der Waals surface area contributed by atoms with Crippen LogP contribution in [0.4, 0.5) is 41.6 Å². The molecule has 192 valence electrons. The Hall–Kier alpha value is -3.19. The van der Waals surface area contributed by atoms with Crippen molar-refractivity contribution < 1.29 is 40.3 Å². The fourth-order valence-electron chi connectivity index (χ4n) is 3.57. The Morgan fingerprint density at radius 3 is 2.11 bits per heavy atom. The molecule has 4 rings (SSSR count). The summed E-state index contributed by atoms with van der Waals surface area (Å²) < 4.78 is 98.8. The Labute approximate surface area is 204 Å². The number of carbonyl (C=O) groups excluding carboxylic acids is 1. The Morgan fingerprint density at radius 1 is 0.972 bits per heavy atom. The van der Waals surface area contributed by atoms with E-state index in [1.54, 1.807) is 5.38 Å². The Bertz CT molecular complexity index is 1190. The number of halogens is 7. The van der Waals surface area contributed by atoms with E-state index in [0.717, 1.165) is 17.0 Å². The number of morpholine rings is 1. The second-order valence-corrected chi connectivity index (χ2v) is 8.72. The van der Waals surface area contributed by atoms with Gasteiger partial charge < -0.3 is 14.5 Å². The number of ether oxygens (including phenoxy) is 1. The third kappa shape index (κ3) is 5.95. The lowest BCUT2D eigenvalue weighted by Crippen LogP contribution is -2.36. The molecule has 1 aromatic heterocycles. The summed E-state index contributed by atoms with van der Waals surface area (Å²) in [6.07, 6.45) is -10.2. The molecule has 0 N–H and O–H groups in total. The summed E-state index contributed by atoms with van der Waals surface area (Å²) in [5.41, 5.74) is -3.59. The number of nitrogens with zero attached hydrogens (tertiary/aromatic N) is 3. The number of aromatic nitrogens is 1. The first-order chi connectivity index (χ1) is 16.9. The van der Waals surface area contributed by atoms with Gasteiger partial charge >= 0.3 is 12.4 Å². The molecule has 1 amide bonds. The van der Waals surface area contributed by atoms with Crippen molar-refractivity contribution in [1.29, 1.82) is 0 Å². The highest BCUT2D eigenvalue weighted by Gasteiger charge is 2.38. The molecule has 0 spiro atoms. The van der Waals surface area contributed by atoms with Crippen molar-refractivity contribution in [3.05, 3.63) is 76.0 Å². The highest BCUT2D eigenvalue weighted by molar-refractivity contribution is 7.13. The summed E-state index contributed by atoms with van der Waals surface area (Å²) in [4.78, 5) is 20.7. The van der Waals surface area contributed by atoms with Gasteiger partial charge in [0.05, 0.1) is 36.6 Å². The van der Waals surface area contributed by atoms with E-state index in [2.05, 4.69) is 4.98 Å². The Morgan fingerprint density at radius 2 is 1.56 bits per heavy atom. The van der Waals surface area contributed by atoms with E-state index in [1.165, 1.54) is 23.5 Å². The predicted octanol–water partition coefficient (Wildman–Crippen LogP) is 6.00. The monoisotopic (exact) mass is 533 g/mol. The van der Waals surface area contributed by atoms with Crippen LogP contribution in [-0.4, -0.2) is 37.2 Å². The molecule has 0 saturated carbocycles. The number of carbonyl (C=O) groups is 1. The molecule has 0 unspecified atom stereocenters. The van der Waals surface area contributed by atoms with Gasteiger partial charge in [-0.05, 0) is 42.5 Å². The zero-order chi connectivity index (χ0) is 26.1. The largest absolute Gasteiger partial charge is 0.416 e. The van der Waals surface area contributed by atoms with Crippen molar-refractivity contribution in [2.75, 3.05) is 36.1 Å². The van der Waals surface area contributed by atoms with Gasteiger partial charge in [-0.25, -0.2) is 9.37 Å². The Balaban J connectivity index is 1.72. The zero-order valence-corrected chi connectivity index (χ0v) is 19.2. The van der Waals surface area contributed by atoms with Crippen LogP contribution >= 0.6 is 11.3 Å². The van der Waals surface area contributed by atoms with Gasteiger partial charge in [0.2, 0.25) is 0 Å². The molecule has 13 heteroatoms. The van der Waals surface area contributed by atoms with Gasteiger partial charge in [0, 0.05) is 29.7 Å². The summed E-state index contributed by atoms with van der Waals surface area (Å²) in [6.45, 7) is 1.94. The topological polar surface area (TPSA) is 45.7 Å². The van der Waals surface area contributed by atoms with E-state index in [-0.39, 0.29) is 18.3 Å². The maximum Gasteiger partial charge on any atom is 0.416 e. The number of rotatable bonds is 5.